The predicted molar refractivity (Wildman–Crippen MR) is 82.1 cm³/mol. The van der Waals surface area contributed by atoms with Gasteiger partial charge in [-0.3, -0.25) is 9.80 Å². The van der Waals surface area contributed by atoms with E-state index in [1.165, 1.54) is 6.07 Å². The Labute approximate surface area is 128 Å². The number of hydrogen-bond donors (Lipinski definition) is 1. The van der Waals surface area contributed by atoms with Crippen LogP contribution in [0.5, 0.6) is 0 Å². The quantitative estimate of drug-likeness (QED) is 0.908. The molecule has 0 aliphatic carbocycles. The normalized spacial score (nSPS) is 18.4. The van der Waals surface area contributed by atoms with Crippen molar-refractivity contribution in [1.82, 2.24) is 9.80 Å². The Hall–Kier alpha value is -0.490. The lowest BCUT2D eigenvalue weighted by atomic mass is 10.1. The van der Waals surface area contributed by atoms with Crippen LogP contribution in [-0.4, -0.2) is 53.2 Å². The van der Waals surface area contributed by atoms with E-state index in [9.17, 15) is 9.50 Å². The molecule has 20 heavy (non-hydrogen) atoms. The summed E-state index contributed by atoms with van der Waals surface area (Å²) in [5, 5.41) is 9.82. The summed E-state index contributed by atoms with van der Waals surface area (Å²) >= 11 is 3.27. The Kier molecular flexibility index (Phi) is 5.18. The van der Waals surface area contributed by atoms with Crippen molar-refractivity contribution in [2.75, 3.05) is 32.7 Å². The van der Waals surface area contributed by atoms with Crippen molar-refractivity contribution >= 4 is 15.9 Å². The highest BCUT2D eigenvalue weighted by atomic mass is 79.9. The number of aliphatic hydroxyl groups is 1. The second-order valence-electron chi connectivity index (χ2n) is 6.10. The van der Waals surface area contributed by atoms with Crippen molar-refractivity contribution in [3.8, 4) is 0 Å². The summed E-state index contributed by atoms with van der Waals surface area (Å²) in [7, 11) is 0. The van der Waals surface area contributed by atoms with Gasteiger partial charge < -0.3 is 5.11 Å². The number of piperazine rings is 1. The van der Waals surface area contributed by atoms with E-state index in [1.54, 1.807) is 0 Å². The third kappa shape index (κ3) is 4.81. The van der Waals surface area contributed by atoms with Crippen molar-refractivity contribution < 1.29 is 9.50 Å². The van der Waals surface area contributed by atoms with E-state index in [4.69, 9.17) is 0 Å². The van der Waals surface area contributed by atoms with Crippen molar-refractivity contribution in [2.45, 2.75) is 26.0 Å². The molecule has 0 aromatic heterocycles. The lowest BCUT2D eigenvalue weighted by molar-refractivity contribution is 0.0165. The zero-order valence-corrected chi connectivity index (χ0v) is 13.7. The lowest BCUT2D eigenvalue weighted by Gasteiger charge is -2.37. The van der Waals surface area contributed by atoms with Gasteiger partial charge in [-0.05, 0) is 26.0 Å². The molecule has 1 aliphatic heterocycles. The van der Waals surface area contributed by atoms with Crippen LogP contribution in [0, 0.1) is 5.82 Å². The predicted octanol–water partition coefficient (Wildman–Crippen LogP) is 2.48. The Morgan fingerprint density at radius 3 is 2.35 bits per heavy atom. The molecular formula is C15H22BrFN2O. The minimum atomic E-state index is -0.653. The number of nitrogens with zero attached hydrogens (tertiary/aromatic N) is 2. The van der Waals surface area contributed by atoms with E-state index in [2.05, 4.69) is 25.7 Å². The van der Waals surface area contributed by atoms with Gasteiger partial charge in [0, 0.05) is 49.3 Å². The summed E-state index contributed by atoms with van der Waals surface area (Å²) in [4.78, 5) is 4.52. The number of rotatable bonds is 4. The van der Waals surface area contributed by atoms with E-state index in [0.29, 0.717) is 13.1 Å². The van der Waals surface area contributed by atoms with E-state index in [0.717, 1.165) is 36.2 Å². The SMILES string of the molecule is CC(C)(O)CN1CCN(Cc2ccc(Br)cc2F)CC1. The molecule has 0 spiro atoms. The van der Waals surface area contributed by atoms with Crippen LogP contribution in [0.4, 0.5) is 4.39 Å². The van der Waals surface area contributed by atoms with Crippen molar-refractivity contribution in [2.24, 2.45) is 0 Å². The fourth-order valence-corrected chi connectivity index (χ4v) is 2.88. The van der Waals surface area contributed by atoms with Gasteiger partial charge in [-0.2, -0.15) is 0 Å². The van der Waals surface area contributed by atoms with Gasteiger partial charge >= 0.3 is 0 Å². The van der Waals surface area contributed by atoms with Crippen LogP contribution in [0.3, 0.4) is 0 Å². The molecule has 3 nitrogen and oxygen atoms in total. The molecule has 1 N–H and O–H groups in total. The van der Waals surface area contributed by atoms with Crippen molar-refractivity contribution in [3.05, 3.63) is 34.1 Å². The molecule has 112 valence electrons. The number of benzene rings is 1. The van der Waals surface area contributed by atoms with E-state index in [1.807, 2.05) is 26.0 Å². The number of hydrogen-bond acceptors (Lipinski definition) is 3. The Balaban J connectivity index is 1.85. The molecule has 0 saturated carbocycles. The van der Waals surface area contributed by atoms with Gasteiger partial charge in [0.1, 0.15) is 5.82 Å². The average Bonchev–Trinajstić information content (AvgIpc) is 2.33. The number of halogens is 2. The van der Waals surface area contributed by atoms with Crippen LogP contribution < -0.4 is 0 Å². The summed E-state index contributed by atoms with van der Waals surface area (Å²) in [5.74, 6) is -0.154. The number of β-amino-alcohol motifs (C(OH)–C–C–N with tert-alkyl or cyclic N) is 1. The maximum atomic E-state index is 13.8. The van der Waals surface area contributed by atoms with E-state index in [-0.39, 0.29) is 5.82 Å². The minimum absolute atomic E-state index is 0.154. The summed E-state index contributed by atoms with van der Waals surface area (Å²) in [6.07, 6.45) is 0. The van der Waals surface area contributed by atoms with E-state index >= 15 is 0 Å². The van der Waals surface area contributed by atoms with Gasteiger partial charge in [-0.1, -0.05) is 22.0 Å². The highest BCUT2D eigenvalue weighted by Crippen LogP contribution is 2.18. The molecule has 1 aromatic rings. The molecule has 0 unspecified atom stereocenters. The van der Waals surface area contributed by atoms with Crippen LogP contribution >= 0.6 is 15.9 Å². The molecule has 1 aromatic carbocycles. The topological polar surface area (TPSA) is 26.7 Å². The van der Waals surface area contributed by atoms with Gasteiger partial charge in [0.05, 0.1) is 5.60 Å². The summed E-state index contributed by atoms with van der Waals surface area (Å²) in [5.41, 5.74) is 0.0872. The van der Waals surface area contributed by atoms with Crippen LogP contribution in [0.2, 0.25) is 0 Å². The van der Waals surface area contributed by atoms with Gasteiger partial charge in [0.25, 0.3) is 0 Å². The zero-order chi connectivity index (χ0) is 14.8. The molecule has 0 amide bonds. The molecule has 1 fully saturated rings. The first-order chi connectivity index (χ1) is 9.33. The highest BCUT2D eigenvalue weighted by molar-refractivity contribution is 9.10. The highest BCUT2D eigenvalue weighted by Gasteiger charge is 2.23. The summed E-state index contributed by atoms with van der Waals surface area (Å²) in [6, 6.07) is 5.23. The molecular weight excluding hydrogens is 323 g/mol. The first kappa shape index (κ1) is 15.9. The smallest absolute Gasteiger partial charge is 0.128 e. The molecule has 1 aliphatic rings. The largest absolute Gasteiger partial charge is 0.389 e. The average molecular weight is 345 g/mol. The van der Waals surface area contributed by atoms with Crippen LogP contribution in [0.25, 0.3) is 0 Å². The first-order valence-corrected chi connectivity index (χ1v) is 7.74. The van der Waals surface area contributed by atoms with Gasteiger partial charge in [-0.25, -0.2) is 4.39 Å². The molecule has 1 heterocycles. The first-order valence-electron chi connectivity index (χ1n) is 6.94. The van der Waals surface area contributed by atoms with Gasteiger partial charge in [-0.15, -0.1) is 0 Å². The third-order valence-electron chi connectivity index (χ3n) is 3.48. The molecule has 0 bridgehead atoms. The minimum Gasteiger partial charge on any atom is -0.389 e. The second kappa shape index (κ2) is 6.52. The Bertz CT molecular complexity index is 454. The maximum absolute atomic E-state index is 13.8. The molecule has 5 heteroatoms. The maximum Gasteiger partial charge on any atom is 0.128 e. The Morgan fingerprint density at radius 2 is 1.80 bits per heavy atom. The van der Waals surface area contributed by atoms with Gasteiger partial charge in [0.15, 0.2) is 0 Å². The zero-order valence-electron chi connectivity index (χ0n) is 12.1. The van der Waals surface area contributed by atoms with Crippen LogP contribution in [0.1, 0.15) is 19.4 Å². The van der Waals surface area contributed by atoms with Crippen LogP contribution in [-0.2, 0) is 6.54 Å². The lowest BCUT2D eigenvalue weighted by Crippen LogP contribution is -2.50. The van der Waals surface area contributed by atoms with Crippen LogP contribution in [0.15, 0.2) is 22.7 Å². The van der Waals surface area contributed by atoms with Crippen molar-refractivity contribution in [1.29, 1.82) is 0 Å². The fraction of sp³-hybridized carbons (Fsp3) is 0.600. The molecule has 0 radical (unpaired) electrons. The standard InChI is InChI=1S/C15H22BrFN2O/c1-15(2,20)11-19-7-5-18(6-8-19)10-12-3-4-13(16)9-14(12)17/h3-4,9,20H,5-8,10-11H2,1-2H3. The third-order valence-corrected chi connectivity index (χ3v) is 3.98. The monoisotopic (exact) mass is 344 g/mol. The molecule has 1 saturated heterocycles. The fourth-order valence-electron chi connectivity index (χ4n) is 2.54. The van der Waals surface area contributed by atoms with E-state index < -0.39 is 5.60 Å². The van der Waals surface area contributed by atoms with Crippen molar-refractivity contribution in [3.63, 3.8) is 0 Å². The summed E-state index contributed by atoms with van der Waals surface area (Å²) in [6.45, 7) is 8.65. The second-order valence-corrected chi connectivity index (χ2v) is 7.02. The summed E-state index contributed by atoms with van der Waals surface area (Å²) < 4.78 is 14.6. The molecule has 0 atom stereocenters. The molecule has 2 rings (SSSR count). The Morgan fingerprint density at radius 1 is 1.20 bits per heavy atom. The van der Waals surface area contributed by atoms with Gasteiger partial charge in [0.2, 0.25) is 0 Å².